The average Bonchev–Trinajstić information content (AvgIpc) is 2.77. The summed E-state index contributed by atoms with van der Waals surface area (Å²) in [5.41, 5.74) is 6.83. The Balaban J connectivity index is 1.66. The van der Waals surface area contributed by atoms with Gasteiger partial charge in [0, 0.05) is 13.2 Å². The van der Waals surface area contributed by atoms with Gasteiger partial charge >= 0.3 is 0 Å². The molecule has 0 radical (unpaired) electrons. The molecular weight excluding hydrogens is 370 g/mol. The molecule has 29 heavy (non-hydrogen) atoms. The molecule has 1 aliphatic rings. The van der Waals surface area contributed by atoms with Gasteiger partial charge in [-0.15, -0.1) is 0 Å². The van der Waals surface area contributed by atoms with Gasteiger partial charge in [0.1, 0.15) is 12.4 Å². The fourth-order valence-electron chi connectivity index (χ4n) is 3.38. The van der Waals surface area contributed by atoms with Crippen LogP contribution >= 0.6 is 0 Å². The number of rotatable bonds is 8. The highest BCUT2D eigenvalue weighted by Gasteiger charge is 2.35. The molecule has 4 N–H and O–H groups in total. The monoisotopic (exact) mass is 397 g/mol. The van der Waals surface area contributed by atoms with Gasteiger partial charge in [-0.1, -0.05) is 42.5 Å². The first-order valence-corrected chi connectivity index (χ1v) is 9.74. The SMILES string of the molecule is NCC(=O)NCC(=O)NC1(c2ccc(OCc3ccccc3)cc2)CCOCC1. The van der Waals surface area contributed by atoms with Crippen molar-refractivity contribution in [3.05, 3.63) is 65.7 Å². The van der Waals surface area contributed by atoms with Crippen LogP contribution in [0.15, 0.2) is 54.6 Å². The van der Waals surface area contributed by atoms with Crippen LogP contribution in [0.2, 0.25) is 0 Å². The van der Waals surface area contributed by atoms with E-state index >= 15 is 0 Å². The zero-order chi connectivity index (χ0) is 20.5. The van der Waals surface area contributed by atoms with Crippen LogP contribution in [-0.4, -0.2) is 38.1 Å². The van der Waals surface area contributed by atoms with Crippen LogP contribution in [0.4, 0.5) is 0 Å². The predicted octanol–water partition coefficient (Wildman–Crippen LogP) is 1.46. The molecule has 0 aliphatic carbocycles. The molecule has 0 aromatic heterocycles. The van der Waals surface area contributed by atoms with Crippen molar-refractivity contribution in [2.24, 2.45) is 5.73 Å². The van der Waals surface area contributed by atoms with Gasteiger partial charge in [0.25, 0.3) is 0 Å². The van der Waals surface area contributed by atoms with Gasteiger partial charge in [-0.05, 0) is 36.1 Å². The highest BCUT2D eigenvalue weighted by molar-refractivity contribution is 5.85. The Morgan fingerprint density at radius 3 is 2.34 bits per heavy atom. The maximum absolute atomic E-state index is 12.4. The first-order valence-electron chi connectivity index (χ1n) is 9.74. The molecular formula is C22H27N3O4. The number of carbonyl (C=O) groups excluding carboxylic acids is 2. The van der Waals surface area contributed by atoms with Gasteiger partial charge in [0.2, 0.25) is 11.8 Å². The van der Waals surface area contributed by atoms with Crippen LogP contribution in [0.3, 0.4) is 0 Å². The smallest absolute Gasteiger partial charge is 0.240 e. The number of benzene rings is 2. The van der Waals surface area contributed by atoms with Crippen LogP contribution in [0.25, 0.3) is 0 Å². The van der Waals surface area contributed by atoms with Crippen molar-refractivity contribution < 1.29 is 19.1 Å². The van der Waals surface area contributed by atoms with Crippen molar-refractivity contribution in [1.29, 1.82) is 0 Å². The lowest BCUT2D eigenvalue weighted by atomic mass is 9.82. The third-order valence-electron chi connectivity index (χ3n) is 5.01. The van der Waals surface area contributed by atoms with E-state index in [1.165, 1.54) is 0 Å². The maximum Gasteiger partial charge on any atom is 0.240 e. The Morgan fingerprint density at radius 1 is 1.00 bits per heavy atom. The summed E-state index contributed by atoms with van der Waals surface area (Å²) in [4.78, 5) is 23.7. The zero-order valence-corrected chi connectivity index (χ0v) is 16.4. The summed E-state index contributed by atoms with van der Waals surface area (Å²) in [7, 11) is 0. The molecule has 1 heterocycles. The second-order valence-corrected chi connectivity index (χ2v) is 7.02. The topological polar surface area (TPSA) is 103 Å². The fraction of sp³-hybridized carbons (Fsp3) is 0.364. The number of amides is 2. The van der Waals surface area contributed by atoms with Crippen LogP contribution < -0.4 is 21.1 Å². The van der Waals surface area contributed by atoms with Crippen molar-refractivity contribution in [2.75, 3.05) is 26.3 Å². The average molecular weight is 397 g/mol. The molecule has 154 valence electrons. The molecule has 7 heteroatoms. The largest absolute Gasteiger partial charge is 0.489 e. The lowest BCUT2D eigenvalue weighted by molar-refractivity contribution is -0.127. The fourth-order valence-corrected chi connectivity index (χ4v) is 3.38. The van der Waals surface area contributed by atoms with Gasteiger partial charge < -0.3 is 25.8 Å². The van der Waals surface area contributed by atoms with E-state index in [4.69, 9.17) is 15.2 Å². The van der Waals surface area contributed by atoms with E-state index in [-0.39, 0.29) is 24.9 Å². The van der Waals surface area contributed by atoms with Gasteiger partial charge in [-0.25, -0.2) is 0 Å². The highest BCUT2D eigenvalue weighted by atomic mass is 16.5. The number of nitrogens with one attached hydrogen (secondary N) is 2. The Bertz CT molecular complexity index is 803. The van der Waals surface area contributed by atoms with Crippen LogP contribution in [0.1, 0.15) is 24.0 Å². The summed E-state index contributed by atoms with van der Waals surface area (Å²) in [6.07, 6.45) is 1.32. The molecule has 0 spiro atoms. The van der Waals surface area contributed by atoms with Gasteiger partial charge in [0.05, 0.1) is 18.6 Å². The van der Waals surface area contributed by atoms with Crippen LogP contribution in [0, 0.1) is 0 Å². The second-order valence-electron chi connectivity index (χ2n) is 7.02. The molecule has 2 amide bonds. The number of carbonyl (C=O) groups is 2. The van der Waals surface area contributed by atoms with E-state index in [2.05, 4.69) is 10.6 Å². The summed E-state index contributed by atoms with van der Waals surface area (Å²) in [6.45, 7) is 1.37. The van der Waals surface area contributed by atoms with Crippen molar-refractivity contribution >= 4 is 11.8 Å². The minimum Gasteiger partial charge on any atom is -0.489 e. The number of hydrogen-bond donors (Lipinski definition) is 3. The molecule has 0 saturated carbocycles. The lowest BCUT2D eigenvalue weighted by Crippen LogP contribution is -2.52. The third-order valence-corrected chi connectivity index (χ3v) is 5.01. The first-order chi connectivity index (χ1) is 14.1. The molecule has 2 aromatic carbocycles. The van der Waals surface area contributed by atoms with E-state index in [1.807, 2.05) is 54.6 Å². The van der Waals surface area contributed by atoms with Gasteiger partial charge in [-0.2, -0.15) is 0 Å². The summed E-state index contributed by atoms with van der Waals surface area (Å²) >= 11 is 0. The normalized spacial score (nSPS) is 15.3. The molecule has 0 unspecified atom stereocenters. The Kier molecular flexibility index (Phi) is 7.21. The summed E-state index contributed by atoms with van der Waals surface area (Å²) in [6, 6.07) is 17.8. The molecule has 7 nitrogen and oxygen atoms in total. The Hall–Kier alpha value is -2.90. The molecule has 2 aromatic rings. The van der Waals surface area contributed by atoms with Gasteiger partial charge in [-0.3, -0.25) is 9.59 Å². The van der Waals surface area contributed by atoms with E-state index in [9.17, 15) is 9.59 Å². The van der Waals surface area contributed by atoms with E-state index in [1.54, 1.807) is 0 Å². The van der Waals surface area contributed by atoms with Crippen molar-refractivity contribution in [2.45, 2.75) is 25.0 Å². The van der Waals surface area contributed by atoms with Gasteiger partial charge in [0.15, 0.2) is 0 Å². The Morgan fingerprint density at radius 2 is 1.69 bits per heavy atom. The molecule has 0 bridgehead atoms. The maximum atomic E-state index is 12.4. The summed E-state index contributed by atoms with van der Waals surface area (Å²) < 4.78 is 11.3. The zero-order valence-electron chi connectivity index (χ0n) is 16.4. The van der Waals surface area contributed by atoms with E-state index in [0.717, 1.165) is 16.9 Å². The number of ether oxygens (including phenoxy) is 2. The van der Waals surface area contributed by atoms with Crippen molar-refractivity contribution in [3.63, 3.8) is 0 Å². The van der Waals surface area contributed by atoms with Crippen molar-refractivity contribution in [3.8, 4) is 5.75 Å². The molecule has 1 aliphatic heterocycles. The highest BCUT2D eigenvalue weighted by Crippen LogP contribution is 2.33. The molecule has 1 fully saturated rings. The number of hydrogen-bond acceptors (Lipinski definition) is 5. The molecule has 0 atom stereocenters. The molecule has 3 rings (SSSR count). The van der Waals surface area contributed by atoms with Crippen LogP contribution in [-0.2, 0) is 26.5 Å². The molecule has 1 saturated heterocycles. The quantitative estimate of drug-likeness (QED) is 0.626. The van der Waals surface area contributed by atoms with Crippen molar-refractivity contribution in [1.82, 2.24) is 10.6 Å². The number of nitrogens with two attached hydrogens (primary N) is 1. The second kappa shape index (κ2) is 10.0. The minimum atomic E-state index is -0.527. The minimum absolute atomic E-state index is 0.100. The predicted molar refractivity (Wildman–Crippen MR) is 109 cm³/mol. The third kappa shape index (κ3) is 5.79. The summed E-state index contributed by atoms with van der Waals surface area (Å²) in [5, 5.41) is 5.59. The van der Waals surface area contributed by atoms with E-state index < -0.39 is 5.54 Å². The lowest BCUT2D eigenvalue weighted by Gasteiger charge is -2.38. The first kappa shape index (κ1) is 20.8. The summed E-state index contributed by atoms with van der Waals surface area (Å²) in [5.74, 6) is 0.153. The standard InChI is InChI=1S/C22H27N3O4/c23-14-20(26)24-15-21(27)25-22(10-12-28-13-11-22)18-6-8-19(9-7-18)29-16-17-4-2-1-3-5-17/h1-9H,10-16,23H2,(H,24,26)(H,25,27). The Labute approximate surface area is 170 Å². The van der Waals surface area contributed by atoms with E-state index in [0.29, 0.717) is 32.7 Å². The van der Waals surface area contributed by atoms with Crippen LogP contribution in [0.5, 0.6) is 5.75 Å².